The zero-order chi connectivity index (χ0) is 21.6. The third kappa shape index (κ3) is 3.15. The molecule has 0 N–H and O–H groups in total. The van der Waals surface area contributed by atoms with Crippen molar-refractivity contribution in [1.29, 1.82) is 0 Å². The maximum atomic E-state index is 14.7. The molecule has 0 aliphatic carbocycles. The Labute approximate surface area is 187 Å². The van der Waals surface area contributed by atoms with Crippen LogP contribution in [0.15, 0.2) is 60.1 Å². The number of amides is 1. The number of fused-ring (bicyclic) bond motifs is 1. The van der Waals surface area contributed by atoms with Gasteiger partial charge in [0, 0.05) is 0 Å². The van der Waals surface area contributed by atoms with Crippen molar-refractivity contribution >= 4 is 27.4 Å². The Morgan fingerprint density at radius 1 is 1.13 bits per heavy atom. The number of carbonyl (C=O) groups excluding carboxylic acids is 1. The molecule has 1 aromatic heterocycles. The van der Waals surface area contributed by atoms with Crippen LogP contribution >= 0.6 is 0 Å². The summed E-state index contributed by atoms with van der Waals surface area (Å²) in [6, 6.07) is 10.5. The van der Waals surface area contributed by atoms with Gasteiger partial charge in [0.05, 0.1) is 0 Å². The maximum absolute atomic E-state index is 14.7. The number of aliphatic imine (C=N–C) groups is 1. The molecule has 6 nitrogen and oxygen atoms in total. The Bertz CT molecular complexity index is 1220. The summed E-state index contributed by atoms with van der Waals surface area (Å²) < 4.78 is 21.2. The van der Waals surface area contributed by atoms with E-state index < -0.39 is 11.4 Å². The molecular weight excluding hydrogens is 458 g/mol. The van der Waals surface area contributed by atoms with Crippen LogP contribution in [0.25, 0.3) is 11.1 Å². The molecular formula is C23H20AsFN4O2. The van der Waals surface area contributed by atoms with E-state index in [4.69, 9.17) is 9.73 Å². The van der Waals surface area contributed by atoms with E-state index in [2.05, 4.69) is 9.97 Å². The molecule has 3 aromatic rings. The second-order valence-electron chi connectivity index (χ2n) is 7.64. The summed E-state index contributed by atoms with van der Waals surface area (Å²) in [6.45, 7) is 0.694. The zero-order valence-electron chi connectivity index (χ0n) is 16.9. The van der Waals surface area contributed by atoms with Gasteiger partial charge in [-0.3, -0.25) is 0 Å². The van der Waals surface area contributed by atoms with Crippen molar-refractivity contribution in [2.45, 2.75) is 18.4 Å². The van der Waals surface area contributed by atoms with E-state index in [1.807, 2.05) is 18.2 Å². The number of hydrogen-bond acceptors (Lipinski definition) is 5. The van der Waals surface area contributed by atoms with Crippen LogP contribution < -0.4 is 4.74 Å². The number of aryl methyl sites for hydroxylation is 1. The summed E-state index contributed by atoms with van der Waals surface area (Å²) in [5.41, 5.74) is 2.02. The number of benzene rings is 2. The molecule has 0 radical (unpaired) electrons. The molecule has 31 heavy (non-hydrogen) atoms. The average Bonchev–Trinajstić information content (AvgIpc) is 3.04. The standard InChI is InChI=1S/C23H20AsFN4O2/c1-29-21(30)23(28-22(29)24,16-5-7-20-14(9-16)3-2-8-31-20)17-4-6-19(25)18(10-17)15-11-26-13-27-12-15/h4-7,9-13H,2-3,8,24H2,1H3. The molecule has 8 heteroatoms. The molecule has 0 saturated heterocycles. The second-order valence-corrected chi connectivity index (χ2v) is 8.72. The van der Waals surface area contributed by atoms with Gasteiger partial charge < -0.3 is 0 Å². The van der Waals surface area contributed by atoms with E-state index in [1.165, 1.54) is 29.2 Å². The molecule has 2 atom stereocenters. The first kappa shape index (κ1) is 19.9. The molecule has 2 aromatic carbocycles. The average molecular weight is 478 g/mol. The minimum atomic E-state index is -1.27. The van der Waals surface area contributed by atoms with Crippen LogP contribution in [0.5, 0.6) is 5.75 Å². The number of hydrogen-bond donors (Lipinski definition) is 0. The van der Waals surface area contributed by atoms with E-state index in [0.29, 0.717) is 27.9 Å². The number of likely N-dealkylation sites (N-methyl/N-ethyl adjacent to an activating group) is 1. The monoisotopic (exact) mass is 478 g/mol. The van der Waals surface area contributed by atoms with E-state index >= 15 is 0 Å². The number of halogens is 1. The summed E-state index contributed by atoms with van der Waals surface area (Å²) >= 11 is 1.27. The van der Waals surface area contributed by atoms with Crippen molar-refractivity contribution in [3.63, 3.8) is 0 Å². The fraction of sp³-hybridized carbons (Fsp3) is 0.217. The number of ether oxygens (including phenoxy) is 1. The molecule has 2 unspecified atom stereocenters. The normalized spacial score (nSPS) is 20.3. The predicted molar refractivity (Wildman–Crippen MR) is 117 cm³/mol. The van der Waals surface area contributed by atoms with Crippen LogP contribution in [0.2, 0.25) is 0 Å². The van der Waals surface area contributed by atoms with Crippen molar-refractivity contribution in [2.75, 3.05) is 13.7 Å². The molecule has 156 valence electrons. The summed E-state index contributed by atoms with van der Waals surface area (Å²) in [7, 11) is 1.72. The third-order valence-corrected chi connectivity index (χ3v) is 6.91. The second kappa shape index (κ2) is 7.57. The van der Waals surface area contributed by atoms with Crippen molar-refractivity contribution in [3.8, 4) is 16.9 Å². The fourth-order valence-electron chi connectivity index (χ4n) is 4.18. The quantitative estimate of drug-likeness (QED) is 0.542. The molecule has 5 rings (SSSR count). The van der Waals surface area contributed by atoms with Gasteiger partial charge >= 0.3 is 188 Å². The Balaban J connectivity index is 1.73. The van der Waals surface area contributed by atoms with Crippen molar-refractivity contribution in [1.82, 2.24) is 14.9 Å². The van der Waals surface area contributed by atoms with Crippen LogP contribution in [-0.4, -0.2) is 55.9 Å². The van der Waals surface area contributed by atoms with Gasteiger partial charge in [0.1, 0.15) is 0 Å². The fourth-order valence-corrected chi connectivity index (χ4v) is 4.83. The van der Waals surface area contributed by atoms with E-state index in [-0.39, 0.29) is 5.91 Å². The molecule has 2 aliphatic rings. The van der Waals surface area contributed by atoms with Crippen LogP contribution in [0.1, 0.15) is 23.1 Å². The molecule has 2 aliphatic heterocycles. The Kier molecular flexibility index (Phi) is 4.86. The number of rotatable bonds is 3. The molecule has 1 amide bonds. The van der Waals surface area contributed by atoms with Crippen LogP contribution in [0, 0.1) is 5.82 Å². The number of carbonyl (C=O) groups is 1. The Morgan fingerprint density at radius 3 is 2.61 bits per heavy atom. The number of nitrogens with zero attached hydrogens (tertiary/aromatic N) is 4. The summed E-state index contributed by atoms with van der Waals surface area (Å²) in [5, 5.41) is 0. The first-order valence-electron chi connectivity index (χ1n) is 9.96. The SMILES string of the molecule is CN1C(=O)C(c2ccc3c(c2)CCCO3)(c2ccc(F)c(-c3cncnc3)c2)N=C1[AsH2]. The van der Waals surface area contributed by atoms with Crippen molar-refractivity contribution in [3.05, 3.63) is 77.6 Å². The van der Waals surface area contributed by atoms with E-state index in [9.17, 15) is 9.18 Å². The molecule has 0 bridgehead atoms. The third-order valence-electron chi connectivity index (χ3n) is 5.82. The van der Waals surface area contributed by atoms with Gasteiger partial charge in [-0.1, -0.05) is 0 Å². The van der Waals surface area contributed by atoms with Gasteiger partial charge in [-0.25, -0.2) is 0 Å². The van der Waals surface area contributed by atoms with Crippen molar-refractivity contribution < 1.29 is 13.9 Å². The van der Waals surface area contributed by atoms with Gasteiger partial charge in [-0.2, -0.15) is 0 Å². The van der Waals surface area contributed by atoms with Crippen molar-refractivity contribution in [2.24, 2.45) is 4.99 Å². The topological polar surface area (TPSA) is 67.7 Å². The molecule has 0 fully saturated rings. The van der Waals surface area contributed by atoms with Gasteiger partial charge in [0.2, 0.25) is 0 Å². The Morgan fingerprint density at radius 2 is 1.87 bits per heavy atom. The molecule has 0 spiro atoms. The van der Waals surface area contributed by atoms with E-state index in [1.54, 1.807) is 36.5 Å². The van der Waals surface area contributed by atoms with Crippen LogP contribution in [0.4, 0.5) is 4.39 Å². The summed E-state index contributed by atoms with van der Waals surface area (Å²) in [4.78, 5) is 28.0. The van der Waals surface area contributed by atoms with Gasteiger partial charge in [-0.05, 0) is 0 Å². The summed E-state index contributed by atoms with van der Waals surface area (Å²) in [6.07, 6.45) is 6.31. The zero-order valence-corrected chi connectivity index (χ0v) is 19.3. The van der Waals surface area contributed by atoms with Crippen LogP contribution in [-0.2, 0) is 16.8 Å². The van der Waals surface area contributed by atoms with E-state index in [0.717, 1.165) is 29.7 Å². The molecule has 0 saturated carbocycles. The number of aromatic nitrogens is 2. The van der Waals surface area contributed by atoms with Gasteiger partial charge in [-0.15, -0.1) is 0 Å². The summed E-state index contributed by atoms with van der Waals surface area (Å²) in [5.74, 6) is 0.275. The van der Waals surface area contributed by atoms with Gasteiger partial charge in [0.15, 0.2) is 0 Å². The number of amidine groups is 1. The predicted octanol–water partition coefficient (Wildman–Crippen LogP) is 2.31. The minimum absolute atomic E-state index is 0.162. The van der Waals surface area contributed by atoms with Crippen LogP contribution in [0.3, 0.4) is 0 Å². The Hall–Kier alpha value is -3.05. The first-order valence-corrected chi connectivity index (χ1v) is 11.2. The molecule has 3 heterocycles. The van der Waals surface area contributed by atoms with Gasteiger partial charge in [0.25, 0.3) is 0 Å². The first-order chi connectivity index (χ1) is 15.0.